The number of nitrogens with zero attached hydrogens (tertiary/aromatic N) is 1. The van der Waals surface area contributed by atoms with E-state index in [4.69, 9.17) is 9.47 Å². The molecule has 0 spiro atoms. The zero-order valence-electron chi connectivity index (χ0n) is 18.5. The molecule has 0 aliphatic rings. The minimum absolute atomic E-state index is 0.0313. The number of pyridine rings is 1. The van der Waals surface area contributed by atoms with E-state index in [1.165, 1.54) is 19.2 Å². The lowest BCUT2D eigenvalue weighted by Crippen LogP contribution is -2.43. The topological polar surface area (TPSA) is 107 Å². The molecule has 3 rings (SSSR count). The number of ether oxygens (including phenoxy) is 2. The van der Waals surface area contributed by atoms with Crippen LogP contribution in [0.2, 0.25) is 0 Å². The van der Waals surface area contributed by atoms with E-state index in [1.54, 1.807) is 60.9 Å². The number of halogens is 1. The lowest BCUT2D eigenvalue weighted by atomic mass is 10.1. The second-order valence-electron chi connectivity index (χ2n) is 7.41. The van der Waals surface area contributed by atoms with Crippen LogP contribution < -0.4 is 10.6 Å². The Labute approximate surface area is 196 Å². The van der Waals surface area contributed by atoms with Crippen LogP contribution in [0.5, 0.6) is 0 Å². The van der Waals surface area contributed by atoms with Gasteiger partial charge in [0.2, 0.25) is 5.91 Å². The lowest BCUT2D eigenvalue weighted by Gasteiger charge is -2.16. The number of carbonyl (C=O) groups is 3. The van der Waals surface area contributed by atoms with Gasteiger partial charge in [0.15, 0.2) is 0 Å². The Morgan fingerprint density at radius 1 is 0.971 bits per heavy atom. The van der Waals surface area contributed by atoms with Crippen molar-refractivity contribution >= 4 is 23.7 Å². The van der Waals surface area contributed by atoms with Crippen molar-refractivity contribution in [3.05, 3.63) is 95.6 Å². The summed E-state index contributed by atoms with van der Waals surface area (Å²) in [6.45, 7) is -0.0313. The Kier molecular flexibility index (Phi) is 8.67. The first-order valence-electron chi connectivity index (χ1n) is 10.5. The summed E-state index contributed by atoms with van der Waals surface area (Å²) in [7, 11) is 1.24. The van der Waals surface area contributed by atoms with Crippen LogP contribution in [-0.2, 0) is 38.5 Å². The van der Waals surface area contributed by atoms with Crippen LogP contribution in [0.15, 0.2) is 73.1 Å². The molecule has 3 aromatic rings. The van der Waals surface area contributed by atoms with Crippen molar-refractivity contribution in [1.29, 1.82) is 0 Å². The van der Waals surface area contributed by atoms with Crippen LogP contribution in [-0.4, -0.2) is 36.1 Å². The quantitative estimate of drug-likeness (QED) is 0.469. The van der Waals surface area contributed by atoms with Crippen LogP contribution in [0.4, 0.5) is 14.9 Å². The third-order valence-corrected chi connectivity index (χ3v) is 4.83. The van der Waals surface area contributed by atoms with E-state index < -0.39 is 18.1 Å². The fourth-order valence-electron chi connectivity index (χ4n) is 3.10. The number of hydrogen-bond donors (Lipinski definition) is 2. The smallest absolute Gasteiger partial charge is 0.408 e. The maximum atomic E-state index is 13.0. The minimum Gasteiger partial charge on any atom is -0.467 e. The van der Waals surface area contributed by atoms with Gasteiger partial charge in [-0.25, -0.2) is 14.0 Å². The van der Waals surface area contributed by atoms with Crippen LogP contribution in [0, 0.1) is 5.82 Å². The second kappa shape index (κ2) is 12.1. The first kappa shape index (κ1) is 24.4. The van der Waals surface area contributed by atoms with E-state index in [1.807, 2.05) is 0 Å². The molecule has 0 aliphatic heterocycles. The van der Waals surface area contributed by atoms with Crippen molar-refractivity contribution in [3.8, 4) is 0 Å². The van der Waals surface area contributed by atoms with Gasteiger partial charge in [-0.3, -0.25) is 9.78 Å². The molecule has 9 heteroatoms. The SMILES string of the molecule is COC(=O)[C@H](Cc1cccnc1)NC(=O)OCc1ccc(NC(=O)Cc2ccc(F)cc2)cc1. The van der Waals surface area contributed by atoms with Gasteiger partial charge in [0, 0.05) is 24.5 Å². The summed E-state index contributed by atoms with van der Waals surface area (Å²) in [5, 5.41) is 5.26. The molecule has 0 saturated heterocycles. The fraction of sp³-hybridized carbons (Fsp3) is 0.200. The number of aromatic nitrogens is 1. The number of amides is 2. The first-order valence-corrected chi connectivity index (χ1v) is 10.5. The highest BCUT2D eigenvalue weighted by molar-refractivity contribution is 5.92. The maximum Gasteiger partial charge on any atom is 0.408 e. The number of esters is 1. The third kappa shape index (κ3) is 7.70. The normalized spacial score (nSPS) is 11.2. The molecule has 176 valence electrons. The summed E-state index contributed by atoms with van der Waals surface area (Å²) in [4.78, 5) is 40.4. The van der Waals surface area contributed by atoms with Crippen molar-refractivity contribution in [2.45, 2.75) is 25.5 Å². The summed E-state index contributed by atoms with van der Waals surface area (Å²) in [6.07, 6.45) is 2.77. The summed E-state index contributed by atoms with van der Waals surface area (Å²) >= 11 is 0. The fourth-order valence-corrected chi connectivity index (χ4v) is 3.10. The summed E-state index contributed by atoms with van der Waals surface area (Å²) in [5.41, 5.74) is 2.72. The standard InChI is InChI=1S/C25H24FN3O5/c1-33-24(31)22(13-19-3-2-12-27-15-19)29-25(32)34-16-18-6-10-21(11-7-18)28-23(30)14-17-4-8-20(26)9-5-17/h2-12,15,22H,13-14,16H2,1H3,(H,28,30)(H,29,32)/t22-/m0/s1. The van der Waals surface area contributed by atoms with Gasteiger partial charge in [-0.2, -0.15) is 0 Å². The Bertz CT molecular complexity index is 1110. The first-order chi connectivity index (χ1) is 16.4. The number of rotatable bonds is 9. The van der Waals surface area contributed by atoms with Crippen LogP contribution in [0.3, 0.4) is 0 Å². The van der Waals surface area contributed by atoms with Gasteiger partial charge in [0.05, 0.1) is 13.5 Å². The van der Waals surface area contributed by atoms with E-state index in [-0.39, 0.29) is 31.2 Å². The molecule has 0 fully saturated rings. The Hall–Kier alpha value is -4.27. The largest absolute Gasteiger partial charge is 0.467 e. The van der Waals surface area contributed by atoms with Gasteiger partial charge in [0.1, 0.15) is 18.5 Å². The number of alkyl carbamates (subject to hydrolysis) is 1. The van der Waals surface area contributed by atoms with Gasteiger partial charge < -0.3 is 20.1 Å². The van der Waals surface area contributed by atoms with Crippen LogP contribution >= 0.6 is 0 Å². The predicted molar refractivity (Wildman–Crippen MR) is 122 cm³/mol. The monoisotopic (exact) mass is 465 g/mol. The molecule has 1 aromatic heterocycles. The lowest BCUT2D eigenvalue weighted by molar-refractivity contribution is -0.143. The highest BCUT2D eigenvalue weighted by Gasteiger charge is 2.22. The van der Waals surface area contributed by atoms with Crippen molar-refractivity contribution < 1.29 is 28.2 Å². The molecule has 0 aliphatic carbocycles. The van der Waals surface area contributed by atoms with Gasteiger partial charge in [-0.05, 0) is 47.0 Å². The Balaban J connectivity index is 1.47. The molecule has 34 heavy (non-hydrogen) atoms. The Morgan fingerprint density at radius 2 is 1.68 bits per heavy atom. The molecular formula is C25H24FN3O5. The van der Waals surface area contributed by atoms with E-state index in [9.17, 15) is 18.8 Å². The third-order valence-electron chi connectivity index (χ3n) is 4.83. The van der Waals surface area contributed by atoms with E-state index in [2.05, 4.69) is 15.6 Å². The van der Waals surface area contributed by atoms with Crippen LogP contribution in [0.1, 0.15) is 16.7 Å². The van der Waals surface area contributed by atoms with Crippen molar-refractivity contribution in [1.82, 2.24) is 10.3 Å². The van der Waals surface area contributed by atoms with Gasteiger partial charge in [0.25, 0.3) is 0 Å². The molecule has 8 nitrogen and oxygen atoms in total. The van der Waals surface area contributed by atoms with Gasteiger partial charge in [-0.15, -0.1) is 0 Å². The van der Waals surface area contributed by atoms with Gasteiger partial charge >= 0.3 is 12.1 Å². The molecule has 2 aromatic carbocycles. The minimum atomic E-state index is -0.916. The molecule has 0 radical (unpaired) electrons. The van der Waals surface area contributed by atoms with Crippen molar-refractivity contribution in [2.24, 2.45) is 0 Å². The van der Waals surface area contributed by atoms with Crippen molar-refractivity contribution in [3.63, 3.8) is 0 Å². The molecule has 2 N–H and O–H groups in total. The number of hydrogen-bond acceptors (Lipinski definition) is 6. The number of carbonyl (C=O) groups excluding carboxylic acids is 3. The highest BCUT2D eigenvalue weighted by Crippen LogP contribution is 2.12. The molecule has 0 bridgehead atoms. The average molecular weight is 465 g/mol. The number of anilines is 1. The summed E-state index contributed by atoms with van der Waals surface area (Å²) < 4.78 is 22.9. The second-order valence-corrected chi connectivity index (χ2v) is 7.41. The Morgan fingerprint density at radius 3 is 2.32 bits per heavy atom. The van der Waals surface area contributed by atoms with E-state index >= 15 is 0 Å². The molecule has 0 saturated carbocycles. The molecular weight excluding hydrogens is 441 g/mol. The maximum absolute atomic E-state index is 13.0. The number of nitrogens with one attached hydrogen (secondary N) is 2. The predicted octanol–water partition coefficient (Wildman–Crippen LogP) is 3.41. The number of methoxy groups -OCH3 is 1. The number of benzene rings is 2. The van der Waals surface area contributed by atoms with E-state index in [0.29, 0.717) is 16.8 Å². The molecule has 1 heterocycles. The molecule has 1 atom stereocenters. The molecule has 2 amide bonds. The van der Waals surface area contributed by atoms with E-state index in [0.717, 1.165) is 5.56 Å². The summed E-state index contributed by atoms with van der Waals surface area (Å²) in [6, 6.07) is 15.1. The highest BCUT2D eigenvalue weighted by atomic mass is 19.1. The summed E-state index contributed by atoms with van der Waals surface area (Å²) in [5.74, 6) is -1.19. The zero-order chi connectivity index (χ0) is 24.3. The van der Waals surface area contributed by atoms with Crippen molar-refractivity contribution in [2.75, 3.05) is 12.4 Å². The molecule has 0 unspecified atom stereocenters. The zero-order valence-corrected chi connectivity index (χ0v) is 18.5. The average Bonchev–Trinajstić information content (AvgIpc) is 2.84. The van der Waals surface area contributed by atoms with Crippen LogP contribution in [0.25, 0.3) is 0 Å². The van der Waals surface area contributed by atoms with Gasteiger partial charge in [-0.1, -0.05) is 30.3 Å².